The number of hydrogen-bond donors (Lipinski definition) is 0. The van der Waals surface area contributed by atoms with Gasteiger partial charge >= 0.3 is 0 Å². The number of amides is 2. The van der Waals surface area contributed by atoms with Gasteiger partial charge in [0.15, 0.2) is 0 Å². The van der Waals surface area contributed by atoms with Crippen molar-refractivity contribution in [3.8, 4) is 5.75 Å². The average Bonchev–Trinajstić information content (AvgIpc) is 2.93. The Morgan fingerprint density at radius 1 is 0.963 bits per heavy atom. The van der Waals surface area contributed by atoms with Crippen molar-refractivity contribution in [2.24, 2.45) is 0 Å². The maximum atomic E-state index is 13.3. The van der Waals surface area contributed by atoms with E-state index in [1.54, 1.807) is 13.2 Å². The van der Waals surface area contributed by atoms with Crippen LogP contribution in [-0.4, -0.2) is 36.4 Å². The van der Waals surface area contributed by atoms with Gasteiger partial charge in [0.2, 0.25) is 0 Å². The molecule has 0 N–H and O–H groups in total. The fraction of sp³-hybridized carbons (Fsp3) is 0.273. The Morgan fingerprint density at radius 3 is 2.19 bits per heavy atom. The van der Waals surface area contributed by atoms with Gasteiger partial charge in [-0.3, -0.25) is 14.5 Å². The van der Waals surface area contributed by atoms with Crippen LogP contribution in [0.3, 0.4) is 0 Å². The van der Waals surface area contributed by atoms with E-state index in [9.17, 15) is 9.59 Å². The van der Waals surface area contributed by atoms with Crippen LogP contribution in [0.2, 0.25) is 0 Å². The summed E-state index contributed by atoms with van der Waals surface area (Å²) in [5.74, 6) is 0.00589. The van der Waals surface area contributed by atoms with Gasteiger partial charge in [0.05, 0.1) is 12.7 Å². The molecule has 0 atom stereocenters. The predicted octanol–water partition coefficient (Wildman–Crippen LogP) is 3.71. The molecule has 3 rings (SSSR count). The maximum Gasteiger partial charge on any atom is 0.278 e. The highest BCUT2D eigenvalue weighted by Gasteiger charge is 2.43. The predicted molar refractivity (Wildman–Crippen MR) is 106 cm³/mol. The normalized spacial score (nSPS) is 14.3. The summed E-state index contributed by atoms with van der Waals surface area (Å²) in [5.41, 5.74) is 2.28. The molecule has 27 heavy (non-hydrogen) atoms. The number of likely N-dealkylation sites (N-methyl/N-ethyl adjacent to an activating group) is 1. The van der Waals surface area contributed by atoms with Gasteiger partial charge in [0.1, 0.15) is 11.4 Å². The number of rotatable bonds is 6. The molecule has 2 aromatic carbocycles. The molecule has 0 spiro atoms. The van der Waals surface area contributed by atoms with Crippen LogP contribution in [0.5, 0.6) is 5.75 Å². The Bertz CT molecular complexity index is 887. The lowest BCUT2D eigenvalue weighted by atomic mass is 10.0. The lowest BCUT2D eigenvalue weighted by molar-refractivity contribution is -0.138. The number of hydrogen-bond acceptors (Lipinski definition) is 4. The second-order valence-electron chi connectivity index (χ2n) is 6.58. The number of benzene rings is 2. The van der Waals surface area contributed by atoms with E-state index >= 15 is 0 Å². The summed E-state index contributed by atoms with van der Waals surface area (Å²) in [7, 11) is 1.56. The molecule has 2 aromatic rings. The van der Waals surface area contributed by atoms with E-state index in [0.717, 1.165) is 5.69 Å². The van der Waals surface area contributed by atoms with Crippen LogP contribution in [0, 0.1) is 0 Å². The van der Waals surface area contributed by atoms with E-state index in [0.29, 0.717) is 29.1 Å². The highest BCUT2D eigenvalue weighted by molar-refractivity contribution is 6.37. The first-order valence-corrected chi connectivity index (χ1v) is 9.09. The van der Waals surface area contributed by atoms with Crippen molar-refractivity contribution >= 4 is 23.1 Å². The fourth-order valence-corrected chi connectivity index (χ4v) is 3.43. The highest BCUT2D eigenvalue weighted by Crippen LogP contribution is 2.38. The molecular weight excluding hydrogens is 340 g/mol. The summed E-state index contributed by atoms with van der Waals surface area (Å²) in [6.07, 6.45) is 0. The van der Waals surface area contributed by atoms with E-state index in [2.05, 4.69) is 0 Å². The summed E-state index contributed by atoms with van der Waals surface area (Å²) in [6, 6.07) is 16.7. The Balaban J connectivity index is 2.27. The molecule has 0 fully saturated rings. The van der Waals surface area contributed by atoms with Crippen LogP contribution in [0.25, 0.3) is 5.57 Å². The van der Waals surface area contributed by atoms with Gasteiger partial charge in [0.25, 0.3) is 11.8 Å². The molecule has 1 heterocycles. The van der Waals surface area contributed by atoms with Gasteiger partial charge in [-0.05, 0) is 39.0 Å². The number of nitrogens with zero attached hydrogens (tertiary/aromatic N) is 2. The number of methoxy groups -OCH3 is 1. The molecule has 0 saturated carbocycles. The molecular formula is C22H24N2O3. The van der Waals surface area contributed by atoms with Crippen LogP contribution >= 0.6 is 0 Å². The van der Waals surface area contributed by atoms with Crippen molar-refractivity contribution in [3.05, 3.63) is 65.9 Å². The quantitative estimate of drug-likeness (QED) is 0.733. The summed E-state index contributed by atoms with van der Waals surface area (Å²) < 4.78 is 5.47. The fourth-order valence-electron chi connectivity index (χ4n) is 3.43. The van der Waals surface area contributed by atoms with Crippen molar-refractivity contribution in [3.63, 3.8) is 0 Å². The molecule has 0 aliphatic carbocycles. The Morgan fingerprint density at radius 2 is 1.59 bits per heavy atom. The SMILES string of the molecule is CCN(C1=C(c2ccccc2OC)C(=O)N(C(C)C)C1=O)c1ccccc1. The first-order valence-electron chi connectivity index (χ1n) is 9.09. The van der Waals surface area contributed by atoms with Crippen molar-refractivity contribution in [1.82, 2.24) is 4.90 Å². The van der Waals surface area contributed by atoms with E-state index in [4.69, 9.17) is 4.74 Å². The van der Waals surface area contributed by atoms with Crippen molar-refractivity contribution < 1.29 is 14.3 Å². The van der Waals surface area contributed by atoms with E-state index < -0.39 is 0 Å². The lowest BCUT2D eigenvalue weighted by Gasteiger charge is -2.25. The molecule has 0 bridgehead atoms. The first kappa shape index (κ1) is 18.7. The minimum Gasteiger partial charge on any atom is -0.496 e. The molecule has 0 radical (unpaired) electrons. The number of carbonyl (C=O) groups is 2. The second-order valence-corrected chi connectivity index (χ2v) is 6.58. The van der Waals surface area contributed by atoms with Crippen LogP contribution in [0.1, 0.15) is 26.3 Å². The largest absolute Gasteiger partial charge is 0.496 e. The van der Waals surface area contributed by atoms with Crippen LogP contribution < -0.4 is 9.64 Å². The van der Waals surface area contributed by atoms with Crippen LogP contribution in [0.15, 0.2) is 60.3 Å². The van der Waals surface area contributed by atoms with Crippen LogP contribution in [-0.2, 0) is 9.59 Å². The van der Waals surface area contributed by atoms with Gasteiger partial charge in [0, 0.05) is 23.8 Å². The number of imide groups is 1. The maximum absolute atomic E-state index is 13.3. The zero-order chi connectivity index (χ0) is 19.6. The molecule has 0 unspecified atom stereocenters. The Kier molecular flexibility index (Phi) is 5.31. The van der Waals surface area contributed by atoms with Gasteiger partial charge in [-0.15, -0.1) is 0 Å². The standard InChI is InChI=1S/C22H24N2O3/c1-5-23(16-11-7-6-8-12-16)20-19(17-13-9-10-14-18(17)27-4)21(25)24(15(2)3)22(20)26/h6-15H,5H2,1-4H3. The van der Waals surface area contributed by atoms with E-state index in [1.807, 2.05) is 74.2 Å². The van der Waals surface area contributed by atoms with Gasteiger partial charge < -0.3 is 9.64 Å². The smallest absolute Gasteiger partial charge is 0.278 e. The molecule has 2 amide bonds. The number of ether oxygens (including phenoxy) is 1. The number of carbonyl (C=O) groups excluding carboxylic acids is 2. The van der Waals surface area contributed by atoms with Gasteiger partial charge in [-0.25, -0.2) is 0 Å². The lowest BCUT2D eigenvalue weighted by Crippen LogP contribution is -2.39. The average molecular weight is 364 g/mol. The highest BCUT2D eigenvalue weighted by atomic mass is 16.5. The molecule has 1 aliphatic heterocycles. The molecule has 5 heteroatoms. The number of anilines is 1. The summed E-state index contributed by atoms with van der Waals surface area (Å²) in [6.45, 7) is 6.22. The van der Waals surface area contributed by atoms with Crippen LogP contribution in [0.4, 0.5) is 5.69 Å². The van der Waals surface area contributed by atoms with E-state index in [1.165, 1.54) is 4.90 Å². The number of para-hydroxylation sites is 2. The molecule has 0 saturated heterocycles. The topological polar surface area (TPSA) is 49.9 Å². The summed E-state index contributed by atoms with van der Waals surface area (Å²) >= 11 is 0. The molecule has 1 aliphatic rings. The summed E-state index contributed by atoms with van der Waals surface area (Å²) in [4.78, 5) is 29.7. The zero-order valence-corrected chi connectivity index (χ0v) is 16.1. The third kappa shape index (κ3) is 3.21. The van der Waals surface area contributed by atoms with Crippen molar-refractivity contribution in [2.75, 3.05) is 18.6 Å². The Hall–Kier alpha value is -3.08. The molecule has 140 valence electrons. The zero-order valence-electron chi connectivity index (χ0n) is 16.1. The summed E-state index contributed by atoms with van der Waals surface area (Å²) in [5, 5.41) is 0. The molecule has 5 nitrogen and oxygen atoms in total. The minimum absolute atomic E-state index is 0.235. The minimum atomic E-state index is -0.288. The third-order valence-corrected chi connectivity index (χ3v) is 4.64. The first-order chi connectivity index (χ1) is 13.0. The van der Waals surface area contributed by atoms with Gasteiger partial charge in [-0.2, -0.15) is 0 Å². The van der Waals surface area contributed by atoms with E-state index in [-0.39, 0.29) is 17.9 Å². The van der Waals surface area contributed by atoms with Gasteiger partial charge in [-0.1, -0.05) is 36.4 Å². The Labute approximate surface area is 159 Å². The van der Waals surface area contributed by atoms with Crippen molar-refractivity contribution in [2.45, 2.75) is 26.8 Å². The second kappa shape index (κ2) is 7.66. The molecule has 0 aromatic heterocycles. The monoisotopic (exact) mass is 364 g/mol. The van der Waals surface area contributed by atoms with Crippen molar-refractivity contribution in [1.29, 1.82) is 0 Å². The third-order valence-electron chi connectivity index (χ3n) is 4.64.